The van der Waals surface area contributed by atoms with Crippen molar-refractivity contribution in [2.24, 2.45) is 0 Å². The lowest BCUT2D eigenvalue weighted by atomic mass is 10.2. The Hall–Kier alpha value is -2.80. The predicted molar refractivity (Wildman–Crippen MR) is 93.3 cm³/mol. The predicted octanol–water partition coefficient (Wildman–Crippen LogP) is 4.94. The van der Waals surface area contributed by atoms with Gasteiger partial charge in [0.15, 0.2) is 0 Å². The molecule has 0 saturated heterocycles. The van der Waals surface area contributed by atoms with E-state index in [9.17, 15) is 4.39 Å². The molecule has 0 radical (unpaired) electrons. The molecular formula is C19H20FN3O3. The van der Waals surface area contributed by atoms with E-state index in [-0.39, 0.29) is 11.9 Å². The molecule has 0 aliphatic heterocycles. The Morgan fingerprint density at radius 2 is 1.96 bits per heavy atom. The fraction of sp³-hybridized carbons (Fsp3) is 0.316. The number of halogens is 1. The van der Waals surface area contributed by atoms with Crippen molar-refractivity contribution in [1.82, 2.24) is 15.1 Å². The van der Waals surface area contributed by atoms with Gasteiger partial charge in [0.2, 0.25) is 11.7 Å². The number of unbranched alkanes of at least 4 members (excludes halogenated alkanes) is 1. The van der Waals surface area contributed by atoms with Crippen molar-refractivity contribution in [3.63, 3.8) is 0 Å². The molecule has 0 aliphatic carbocycles. The van der Waals surface area contributed by atoms with Gasteiger partial charge in [0, 0.05) is 24.4 Å². The molecule has 0 fully saturated rings. The summed E-state index contributed by atoms with van der Waals surface area (Å²) in [5.41, 5.74) is 0.701. The topological polar surface area (TPSA) is 70.3 Å². The number of benzene rings is 1. The van der Waals surface area contributed by atoms with Gasteiger partial charge in [-0.2, -0.15) is 4.98 Å². The third-order valence-corrected chi connectivity index (χ3v) is 3.69. The first-order valence-electron chi connectivity index (χ1n) is 8.50. The minimum Gasteiger partial charge on any atom is -0.439 e. The zero-order valence-corrected chi connectivity index (χ0v) is 14.7. The molecule has 7 heteroatoms. The summed E-state index contributed by atoms with van der Waals surface area (Å²) >= 11 is 0. The summed E-state index contributed by atoms with van der Waals surface area (Å²) in [6, 6.07) is 9.20. The van der Waals surface area contributed by atoms with Crippen LogP contribution in [0.5, 0.6) is 11.6 Å². The number of pyridine rings is 1. The second kappa shape index (κ2) is 8.53. The summed E-state index contributed by atoms with van der Waals surface area (Å²) in [6.07, 6.45) is 3.40. The van der Waals surface area contributed by atoms with E-state index in [1.807, 2.05) is 6.92 Å². The van der Waals surface area contributed by atoms with Gasteiger partial charge in [-0.05, 0) is 43.7 Å². The van der Waals surface area contributed by atoms with E-state index in [0.29, 0.717) is 35.5 Å². The van der Waals surface area contributed by atoms with Crippen LogP contribution >= 0.6 is 0 Å². The van der Waals surface area contributed by atoms with E-state index in [1.165, 1.54) is 24.3 Å². The highest BCUT2D eigenvalue weighted by Gasteiger charge is 2.16. The van der Waals surface area contributed by atoms with Crippen LogP contribution in [0, 0.1) is 5.82 Å². The fourth-order valence-corrected chi connectivity index (χ4v) is 2.19. The zero-order chi connectivity index (χ0) is 18.4. The van der Waals surface area contributed by atoms with Gasteiger partial charge in [-0.1, -0.05) is 18.5 Å². The lowest BCUT2D eigenvalue weighted by Gasteiger charge is -2.07. The Bertz CT molecular complexity index is 819. The molecule has 0 bridgehead atoms. The molecule has 1 unspecified atom stereocenters. The van der Waals surface area contributed by atoms with Gasteiger partial charge in [0.05, 0.1) is 0 Å². The second-order valence-corrected chi connectivity index (χ2v) is 5.76. The van der Waals surface area contributed by atoms with Crippen LogP contribution in [0.3, 0.4) is 0 Å². The first kappa shape index (κ1) is 18.0. The van der Waals surface area contributed by atoms with Crippen LogP contribution in [-0.4, -0.2) is 21.7 Å². The maximum absolute atomic E-state index is 12.9. The monoisotopic (exact) mass is 357 g/mol. The van der Waals surface area contributed by atoms with E-state index in [2.05, 4.69) is 22.0 Å². The Labute approximate surface area is 151 Å². The molecule has 26 heavy (non-hydrogen) atoms. The lowest BCUT2D eigenvalue weighted by Crippen LogP contribution is -2.01. The lowest BCUT2D eigenvalue weighted by molar-refractivity contribution is 0.0412. The summed E-state index contributed by atoms with van der Waals surface area (Å²) in [5, 5.41) is 3.97. The average molecular weight is 357 g/mol. The molecule has 0 aliphatic rings. The Balaban J connectivity index is 1.64. The molecule has 136 valence electrons. The number of hydrogen-bond acceptors (Lipinski definition) is 6. The maximum Gasteiger partial charge on any atom is 0.255 e. The smallest absolute Gasteiger partial charge is 0.255 e. The normalized spacial score (nSPS) is 12.1. The van der Waals surface area contributed by atoms with E-state index >= 15 is 0 Å². The van der Waals surface area contributed by atoms with Crippen molar-refractivity contribution in [2.75, 3.05) is 6.61 Å². The van der Waals surface area contributed by atoms with Crippen LogP contribution in [0.2, 0.25) is 0 Å². The number of ether oxygens (including phenoxy) is 2. The largest absolute Gasteiger partial charge is 0.439 e. The molecule has 0 N–H and O–H groups in total. The molecular weight excluding hydrogens is 337 g/mol. The Kier molecular flexibility index (Phi) is 5.91. The second-order valence-electron chi connectivity index (χ2n) is 5.76. The van der Waals surface area contributed by atoms with Crippen molar-refractivity contribution in [1.29, 1.82) is 0 Å². The molecule has 1 aromatic carbocycles. The van der Waals surface area contributed by atoms with Crippen molar-refractivity contribution < 1.29 is 18.4 Å². The summed E-state index contributed by atoms with van der Waals surface area (Å²) < 4.78 is 29.4. The Morgan fingerprint density at radius 1 is 1.15 bits per heavy atom. The third kappa shape index (κ3) is 4.64. The highest BCUT2D eigenvalue weighted by molar-refractivity contribution is 5.53. The summed E-state index contributed by atoms with van der Waals surface area (Å²) in [5.74, 6) is 1.45. The number of nitrogens with zero attached hydrogens (tertiary/aromatic N) is 3. The molecule has 2 aromatic heterocycles. The van der Waals surface area contributed by atoms with E-state index in [0.717, 1.165) is 12.8 Å². The SMILES string of the molecule is CCCCOC(C)c1nc(-c2ccc(Oc3ccc(F)cc3)nc2)no1. The highest BCUT2D eigenvalue weighted by Crippen LogP contribution is 2.24. The van der Waals surface area contributed by atoms with Crippen LogP contribution in [0.4, 0.5) is 4.39 Å². The fourth-order valence-electron chi connectivity index (χ4n) is 2.19. The van der Waals surface area contributed by atoms with Gasteiger partial charge >= 0.3 is 0 Å². The van der Waals surface area contributed by atoms with E-state index in [1.54, 1.807) is 18.3 Å². The number of aromatic nitrogens is 3. The van der Waals surface area contributed by atoms with Crippen LogP contribution in [-0.2, 0) is 4.74 Å². The van der Waals surface area contributed by atoms with E-state index in [4.69, 9.17) is 14.0 Å². The van der Waals surface area contributed by atoms with Crippen molar-refractivity contribution in [2.45, 2.75) is 32.8 Å². The van der Waals surface area contributed by atoms with Gasteiger partial charge in [0.25, 0.3) is 5.89 Å². The van der Waals surface area contributed by atoms with Gasteiger partial charge in [0.1, 0.15) is 17.7 Å². The number of rotatable bonds is 8. The molecule has 0 amide bonds. The molecule has 1 atom stereocenters. The molecule has 3 aromatic rings. The first-order chi connectivity index (χ1) is 12.7. The van der Waals surface area contributed by atoms with Crippen LogP contribution in [0.1, 0.15) is 38.7 Å². The standard InChI is InChI=1S/C19H20FN3O3/c1-3-4-11-24-13(2)19-22-18(23-26-19)14-5-10-17(21-12-14)25-16-8-6-15(20)7-9-16/h5-10,12-13H,3-4,11H2,1-2H3. The number of hydrogen-bond donors (Lipinski definition) is 0. The van der Waals surface area contributed by atoms with Gasteiger partial charge in [-0.3, -0.25) is 0 Å². The molecule has 0 saturated carbocycles. The average Bonchev–Trinajstić information content (AvgIpc) is 3.15. The third-order valence-electron chi connectivity index (χ3n) is 3.69. The zero-order valence-electron chi connectivity index (χ0n) is 14.7. The Morgan fingerprint density at radius 3 is 2.65 bits per heavy atom. The minimum absolute atomic E-state index is 0.253. The van der Waals surface area contributed by atoms with Gasteiger partial charge < -0.3 is 14.0 Å². The highest BCUT2D eigenvalue weighted by atomic mass is 19.1. The van der Waals surface area contributed by atoms with Crippen LogP contribution in [0.25, 0.3) is 11.4 Å². The quantitative estimate of drug-likeness (QED) is 0.532. The van der Waals surface area contributed by atoms with Crippen LogP contribution < -0.4 is 4.74 Å². The van der Waals surface area contributed by atoms with Gasteiger partial charge in [-0.15, -0.1) is 0 Å². The minimum atomic E-state index is -0.318. The summed E-state index contributed by atoms with van der Waals surface area (Å²) in [4.78, 5) is 8.58. The van der Waals surface area contributed by atoms with Crippen molar-refractivity contribution in [3.05, 3.63) is 54.3 Å². The van der Waals surface area contributed by atoms with Crippen molar-refractivity contribution >= 4 is 0 Å². The van der Waals surface area contributed by atoms with Gasteiger partial charge in [-0.25, -0.2) is 9.37 Å². The summed E-state index contributed by atoms with van der Waals surface area (Å²) in [6.45, 7) is 4.65. The van der Waals surface area contributed by atoms with Crippen LogP contribution in [0.15, 0.2) is 47.1 Å². The maximum atomic E-state index is 12.9. The molecule has 2 heterocycles. The summed E-state index contributed by atoms with van der Waals surface area (Å²) in [7, 11) is 0. The molecule has 3 rings (SSSR count). The molecule has 6 nitrogen and oxygen atoms in total. The van der Waals surface area contributed by atoms with Crippen molar-refractivity contribution in [3.8, 4) is 23.0 Å². The van der Waals surface area contributed by atoms with E-state index < -0.39 is 0 Å². The first-order valence-corrected chi connectivity index (χ1v) is 8.50. The molecule has 0 spiro atoms.